The molecule has 5 aliphatic rings. The number of rotatable bonds is 8. The number of benzene rings is 2. The molecule has 4 bridgehead atoms. The number of imidazole rings is 1. The molecule has 9 rings (SSSR count). The topological polar surface area (TPSA) is 130 Å². The molecule has 0 radical (unpaired) electrons. The van der Waals surface area contributed by atoms with E-state index in [0.29, 0.717) is 49.6 Å². The molecule has 0 spiro atoms. The number of nitrogens with one attached hydrogen (secondary N) is 1. The first-order valence-corrected chi connectivity index (χ1v) is 18.9. The van der Waals surface area contributed by atoms with E-state index < -0.39 is 22.6 Å². The molecule has 1 aliphatic heterocycles. The molecule has 52 heavy (non-hydrogen) atoms. The first kappa shape index (κ1) is 34.9. The second-order valence-electron chi connectivity index (χ2n) is 14.3. The number of fused-ring (bicyclic) bond motifs is 1. The van der Waals surface area contributed by atoms with E-state index in [2.05, 4.69) is 10.4 Å². The molecule has 1 saturated heterocycles. The van der Waals surface area contributed by atoms with Gasteiger partial charge in [0.2, 0.25) is 5.91 Å². The molecule has 270 valence electrons. The number of carbonyl (C=O) groups is 2. The van der Waals surface area contributed by atoms with E-state index in [0.717, 1.165) is 35.6 Å². The van der Waals surface area contributed by atoms with Gasteiger partial charge >= 0.3 is 11.7 Å². The summed E-state index contributed by atoms with van der Waals surface area (Å²) in [5, 5.41) is 2.03. The highest BCUT2D eigenvalue weighted by Gasteiger charge is 2.55. The van der Waals surface area contributed by atoms with Crippen molar-refractivity contribution in [3.8, 4) is 17.5 Å². The highest BCUT2D eigenvalue weighted by Crippen LogP contribution is 2.60. The molecule has 4 saturated carbocycles. The van der Waals surface area contributed by atoms with Gasteiger partial charge in [-0.05, 0) is 110 Å². The molecular formula is C36H34Cl2N6O6S2. The number of methoxy groups -OCH3 is 1. The van der Waals surface area contributed by atoms with Gasteiger partial charge in [0.05, 0.1) is 24.0 Å². The average Bonchev–Trinajstić information content (AvgIpc) is 3.59. The van der Waals surface area contributed by atoms with Gasteiger partial charge in [0.15, 0.2) is 27.0 Å². The molecule has 4 aromatic rings. The van der Waals surface area contributed by atoms with Crippen molar-refractivity contribution < 1.29 is 19.1 Å². The Balaban J connectivity index is 1.07. The van der Waals surface area contributed by atoms with E-state index in [4.69, 9.17) is 44.9 Å². The Morgan fingerprint density at radius 3 is 2.37 bits per heavy atom. The van der Waals surface area contributed by atoms with Crippen molar-refractivity contribution in [2.75, 3.05) is 7.11 Å². The fraction of sp³-hybridized carbons (Fsp3) is 0.389. The summed E-state index contributed by atoms with van der Waals surface area (Å²) >= 11 is 19.3. The third kappa shape index (κ3) is 5.93. The maximum absolute atomic E-state index is 13.7. The second-order valence-corrected chi connectivity index (χ2v) is 16.8. The molecule has 5 fully saturated rings. The number of thiocarbonyl (C=S) groups is 1. The van der Waals surface area contributed by atoms with Crippen molar-refractivity contribution in [2.45, 2.75) is 45.1 Å². The maximum Gasteiger partial charge on any atom is 0.332 e. The largest absolute Gasteiger partial charge is 0.493 e. The monoisotopic (exact) mass is 780 g/mol. The average molecular weight is 782 g/mol. The quantitative estimate of drug-likeness (QED) is 0.168. The van der Waals surface area contributed by atoms with Crippen molar-refractivity contribution in [2.24, 2.45) is 37.3 Å². The lowest BCUT2D eigenvalue weighted by atomic mass is 9.49. The van der Waals surface area contributed by atoms with Gasteiger partial charge in [-0.15, -0.1) is 0 Å². The fourth-order valence-corrected chi connectivity index (χ4v) is 10.4. The lowest BCUT2D eigenvalue weighted by Gasteiger charge is -2.55. The minimum absolute atomic E-state index is 0.0148. The predicted octanol–water partition coefficient (Wildman–Crippen LogP) is 6.04. The van der Waals surface area contributed by atoms with Gasteiger partial charge in [0.1, 0.15) is 0 Å². The van der Waals surface area contributed by atoms with Crippen LogP contribution < -0.4 is 26.1 Å². The summed E-state index contributed by atoms with van der Waals surface area (Å²) in [4.78, 5) is 58.3. The van der Waals surface area contributed by atoms with Crippen LogP contribution in [0.25, 0.3) is 17.2 Å². The van der Waals surface area contributed by atoms with Crippen molar-refractivity contribution in [3.63, 3.8) is 0 Å². The number of halogens is 2. The van der Waals surface area contributed by atoms with E-state index in [1.165, 1.54) is 50.0 Å². The summed E-state index contributed by atoms with van der Waals surface area (Å²) in [5.74, 6) is 1.84. The van der Waals surface area contributed by atoms with Crippen LogP contribution in [0.2, 0.25) is 10.0 Å². The fourth-order valence-electron chi connectivity index (χ4n) is 8.75. The number of thioether (sulfide) groups is 1. The van der Waals surface area contributed by atoms with E-state index in [9.17, 15) is 19.2 Å². The Kier molecular flexibility index (Phi) is 8.79. The number of aryl methyl sites for hydroxylation is 1. The van der Waals surface area contributed by atoms with Crippen molar-refractivity contribution in [1.29, 1.82) is 0 Å². The molecule has 3 heterocycles. The van der Waals surface area contributed by atoms with Gasteiger partial charge in [-0.2, -0.15) is 9.99 Å². The lowest BCUT2D eigenvalue weighted by Crippen LogP contribution is -2.57. The lowest BCUT2D eigenvalue weighted by molar-refractivity contribution is -0.152. The molecule has 2 aromatic heterocycles. The molecule has 2 amide bonds. The maximum atomic E-state index is 13.7. The van der Waals surface area contributed by atoms with Gasteiger partial charge in [-0.25, -0.2) is 4.79 Å². The number of carbonyl (C=O) groups excluding carboxylic acids is 2. The van der Waals surface area contributed by atoms with Crippen LogP contribution in [0.15, 0.2) is 50.9 Å². The molecule has 4 aliphatic carbocycles. The standard InChI is InChI=1S/C36H34Cl2N6O6S2/c1-41-29-28(31(46)42(2)34(41)48)43(17-22-5-6-23(37)13-24(22)38)33(39-29)50-25-7-4-18(11-26(25)49-3)12-27-30(45)44(35(51)52-27)40-32(47)36-14-19-8-20(15-36)10-21(9-19)16-36/h4-7,11-13,19-21H,8-10,14-17H2,1-3H3,(H,40,47). The Bertz CT molecular complexity index is 2330. The summed E-state index contributed by atoms with van der Waals surface area (Å²) < 4.78 is 16.0. The number of amides is 2. The first-order valence-electron chi connectivity index (χ1n) is 16.9. The molecule has 1 N–H and O–H groups in total. The molecule has 16 heteroatoms. The molecule has 12 nitrogen and oxygen atoms in total. The van der Waals surface area contributed by atoms with Crippen LogP contribution in [0.1, 0.15) is 49.7 Å². The van der Waals surface area contributed by atoms with Crippen LogP contribution in [-0.2, 0) is 30.2 Å². The van der Waals surface area contributed by atoms with E-state index in [1.807, 2.05) is 0 Å². The Morgan fingerprint density at radius 1 is 1.02 bits per heavy atom. The zero-order valence-corrected chi connectivity index (χ0v) is 31.6. The third-order valence-electron chi connectivity index (χ3n) is 10.9. The summed E-state index contributed by atoms with van der Waals surface area (Å²) in [6.07, 6.45) is 7.95. The van der Waals surface area contributed by atoms with Crippen LogP contribution >= 0.6 is 47.2 Å². The number of ether oxygens (including phenoxy) is 2. The summed E-state index contributed by atoms with van der Waals surface area (Å²) in [5.41, 5.74) is 2.89. The number of nitrogens with zero attached hydrogens (tertiary/aromatic N) is 5. The smallest absolute Gasteiger partial charge is 0.332 e. The van der Waals surface area contributed by atoms with E-state index in [-0.39, 0.29) is 39.7 Å². The van der Waals surface area contributed by atoms with Crippen LogP contribution in [0.4, 0.5) is 0 Å². The second kappa shape index (κ2) is 13.1. The van der Waals surface area contributed by atoms with Crippen LogP contribution in [0.3, 0.4) is 0 Å². The summed E-state index contributed by atoms with van der Waals surface area (Å²) in [6.45, 7) is 0.0803. The zero-order chi connectivity index (χ0) is 36.6. The number of hydrazine groups is 1. The summed E-state index contributed by atoms with van der Waals surface area (Å²) in [6, 6.07) is 10.1. The van der Waals surface area contributed by atoms with Crippen molar-refractivity contribution in [1.82, 2.24) is 29.1 Å². The molecule has 2 aromatic carbocycles. The number of aromatic nitrogens is 4. The van der Waals surface area contributed by atoms with Gasteiger partial charge in [-0.3, -0.25) is 33.5 Å². The predicted molar refractivity (Wildman–Crippen MR) is 203 cm³/mol. The van der Waals surface area contributed by atoms with Gasteiger partial charge < -0.3 is 9.47 Å². The minimum atomic E-state index is -0.556. The van der Waals surface area contributed by atoms with Gasteiger partial charge in [-0.1, -0.05) is 47.1 Å². The highest BCUT2D eigenvalue weighted by molar-refractivity contribution is 8.26. The number of hydrogen-bond donors (Lipinski definition) is 1. The Labute approximate surface area is 317 Å². The van der Waals surface area contributed by atoms with E-state index in [1.54, 1.807) is 47.0 Å². The highest BCUT2D eigenvalue weighted by atomic mass is 35.5. The Hall–Kier alpha value is -4.11. The third-order valence-corrected chi connectivity index (χ3v) is 12.8. The minimum Gasteiger partial charge on any atom is -0.493 e. The molecular weight excluding hydrogens is 747 g/mol. The normalized spacial score (nSPS) is 24.4. The Morgan fingerprint density at radius 2 is 1.71 bits per heavy atom. The van der Waals surface area contributed by atoms with Crippen molar-refractivity contribution in [3.05, 3.63) is 83.3 Å². The zero-order valence-electron chi connectivity index (χ0n) is 28.5. The number of hydrogen-bond acceptors (Lipinski definition) is 9. The van der Waals surface area contributed by atoms with Crippen molar-refractivity contribution >= 4 is 80.6 Å². The van der Waals surface area contributed by atoms with Crippen LogP contribution in [0, 0.1) is 23.2 Å². The molecule has 0 atom stereocenters. The first-order chi connectivity index (χ1) is 24.8. The van der Waals surface area contributed by atoms with Gasteiger partial charge in [0.25, 0.3) is 11.5 Å². The van der Waals surface area contributed by atoms with Gasteiger partial charge in [0, 0.05) is 24.1 Å². The summed E-state index contributed by atoms with van der Waals surface area (Å²) in [7, 11) is 4.39. The molecule has 0 unspecified atom stereocenters. The van der Waals surface area contributed by atoms with Crippen LogP contribution in [-0.4, -0.2) is 46.9 Å². The SMILES string of the molecule is COc1cc(C=C2SC(=S)N(NC(=O)C34CC5CC(CC(C5)C3)C4)C2=O)ccc1Oc1nc2c(c(=O)n(C)c(=O)n2C)n1Cc1ccc(Cl)cc1Cl. The van der Waals surface area contributed by atoms with Crippen LogP contribution in [0.5, 0.6) is 17.5 Å². The van der Waals surface area contributed by atoms with E-state index >= 15 is 0 Å².